The lowest BCUT2D eigenvalue weighted by Crippen LogP contribution is -2.49. The van der Waals surface area contributed by atoms with Crippen molar-refractivity contribution in [2.75, 3.05) is 20.6 Å². The summed E-state index contributed by atoms with van der Waals surface area (Å²) in [5.41, 5.74) is 4.85. The molecule has 3 amide bonds. The Morgan fingerprint density at radius 2 is 1.29 bits per heavy atom. The lowest BCUT2D eigenvalue weighted by Gasteiger charge is -2.23. The highest BCUT2D eigenvalue weighted by Gasteiger charge is 2.18. The fraction of sp³-hybridized carbons (Fsp3) is 0.217. The Hall–Kier alpha value is -4.74. The smallest absolute Gasteiger partial charge is 0.319 e. The molecule has 0 fully saturated rings. The third kappa shape index (κ3) is 9.74. The zero-order valence-electron chi connectivity index (χ0n) is 19.5. The molecule has 12 heteroatoms. The molecule has 2 rings (SSSR count). The van der Waals surface area contributed by atoms with E-state index in [1.54, 1.807) is 60.7 Å². The van der Waals surface area contributed by atoms with Crippen LogP contribution in [0.3, 0.4) is 0 Å². The van der Waals surface area contributed by atoms with Crippen LogP contribution in [0.2, 0.25) is 0 Å². The van der Waals surface area contributed by atoms with Crippen LogP contribution < -0.4 is 20.3 Å². The van der Waals surface area contributed by atoms with E-state index in [0.717, 1.165) is 10.0 Å². The SMILES string of the molecule is CC(=O)/N=C(\Oc1ccccc1)N(C)NC(=O)CC(=O)NN(C)/C(=N/CC=O)Oc1ccccc1. The number of carbonyl (C=O) groups is 4. The highest BCUT2D eigenvalue weighted by molar-refractivity contribution is 5.98. The van der Waals surface area contributed by atoms with Gasteiger partial charge in [0.05, 0.1) is 0 Å². The Kier molecular flexibility index (Phi) is 10.4. The molecule has 0 aliphatic carbocycles. The largest absolute Gasteiger partial charge is 0.425 e. The summed E-state index contributed by atoms with van der Waals surface area (Å²) in [6.07, 6.45) is -0.00927. The molecular formula is C23H26N6O6. The van der Waals surface area contributed by atoms with Crippen LogP contribution in [-0.4, -0.2) is 66.7 Å². The lowest BCUT2D eigenvalue weighted by molar-refractivity contribution is -0.132. The van der Waals surface area contributed by atoms with Crippen molar-refractivity contribution in [3.05, 3.63) is 60.7 Å². The number of ether oxygens (including phenoxy) is 2. The maximum atomic E-state index is 12.4. The monoisotopic (exact) mass is 482 g/mol. The van der Waals surface area contributed by atoms with E-state index in [1.807, 2.05) is 0 Å². The first-order valence-electron chi connectivity index (χ1n) is 10.4. The van der Waals surface area contributed by atoms with Crippen molar-refractivity contribution in [3.8, 4) is 11.5 Å². The Morgan fingerprint density at radius 3 is 1.74 bits per heavy atom. The molecule has 0 atom stereocenters. The molecule has 0 heterocycles. The zero-order valence-corrected chi connectivity index (χ0v) is 19.5. The van der Waals surface area contributed by atoms with Crippen molar-refractivity contribution in [1.29, 1.82) is 0 Å². The molecule has 2 N–H and O–H groups in total. The van der Waals surface area contributed by atoms with Crippen molar-refractivity contribution in [2.24, 2.45) is 9.98 Å². The number of hydrogen-bond donors (Lipinski definition) is 2. The van der Waals surface area contributed by atoms with Gasteiger partial charge in [-0.3, -0.25) is 25.2 Å². The van der Waals surface area contributed by atoms with Crippen LogP contribution in [0.25, 0.3) is 0 Å². The van der Waals surface area contributed by atoms with Crippen LogP contribution >= 0.6 is 0 Å². The molecule has 2 aromatic carbocycles. The average molecular weight is 482 g/mol. The number of amides is 3. The van der Waals surface area contributed by atoms with Crippen molar-refractivity contribution in [2.45, 2.75) is 13.3 Å². The summed E-state index contributed by atoms with van der Waals surface area (Å²) in [7, 11) is 2.85. The fourth-order valence-corrected chi connectivity index (χ4v) is 2.51. The van der Waals surface area contributed by atoms with Crippen LogP contribution in [-0.2, 0) is 19.2 Å². The second-order valence-corrected chi connectivity index (χ2v) is 6.90. The minimum atomic E-state index is -0.707. The normalized spacial score (nSPS) is 11.2. The molecule has 0 aliphatic heterocycles. The van der Waals surface area contributed by atoms with Gasteiger partial charge in [-0.05, 0) is 24.3 Å². The predicted molar refractivity (Wildman–Crippen MR) is 127 cm³/mol. The molecule has 0 aromatic heterocycles. The summed E-state index contributed by atoms with van der Waals surface area (Å²) in [4.78, 5) is 54.7. The average Bonchev–Trinajstić information content (AvgIpc) is 2.82. The number of nitrogens with zero attached hydrogens (tertiary/aromatic N) is 4. The number of aldehydes is 1. The number of carbonyl (C=O) groups excluding carboxylic acids is 4. The van der Waals surface area contributed by atoms with E-state index in [1.165, 1.54) is 21.0 Å². The Labute approximate surface area is 202 Å². The second kappa shape index (κ2) is 13.7. The number of hydrazine groups is 2. The number of rotatable bonds is 6. The maximum Gasteiger partial charge on any atom is 0.319 e. The van der Waals surface area contributed by atoms with Crippen LogP contribution in [0.5, 0.6) is 11.5 Å². The number of benzene rings is 2. The van der Waals surface area contributed by atoms with Crippen molar-refractivity contribution >= 4 is 36.1 Å². The van der Waals surface area contributed by atoms with Gasteiger partial charge < -0.3 is 14.3 Å². The maximum absolute atomic E-state index is 12.4. The van der Waals surface area contributed by atoms with Crippen LogP contribution in [0.15, 0.2) is 70.6 Å². The molecule has 0 saturated carbocycles. The molecule has 0 unspecified atom stereocenters. The van der Waals surface area contributed by atoms with Crippen LogP contribution in [0, 0.1) is 0 Å². The topological polar surface area (TPSA) is 142 Å². The van der Waals surface area contributed by atoms with Gasteiger partial charge in [0.1, 0.15) is 30.8 Å². The van der Waals surface area contributed by atoms with Gasteiger partial charge in [-0.15, -0.1) is 0 Å². The van der Waals surface area contributed by atoms with Gasteiger partial charge in [-0.1, -0.05) is 36.4 Å². The van der Waals surface area contributed by atoms with Crippen LogP contribution in [0.1, 0.15) is 13.3 Å². The summed E-state index contributed by atoms with van der Waals surface area (Å²) in [6, 6.07) is 16.9. The zero-order chi connectivity index (χ0) is 25.6. The van der Waals surface area contributed by atoms with E-state index in [9.17, 15) is 19.2 Å². The summed E-state index contributed by atoms with van der Waals surface area (Å²) < 4.78 is 11.2. The van der Waals surface area contributed by atoms with Gasteiger partial charge in [0.25, 0.3) is 0 Å². The Bertz CT molecular complexity index is 1070. The van der Waals surface area contributed by atoms with Gasteiger partial charge in [-0.2, -0.15) is 4.99 Å². The number of para-hydroxylation sites is 2. The highest BCUT2D eigenvalue weighted by atomic mass is 16.5. The first kappa shape index (κ1) is 26.5. The molecule has 12 nitrogen and oxygen atoms in total. The summed E-state index contributed by atoms with van der Waals surface area (Å²) in [6.45, 7) is 1.04. The third-order valence-electron chi connectivity index (χ3n) is 3.94. The first-order chi connectivity index (χ1) is 16.8. The number of aliphatic imine (C=N–C) groups is 2. The Morgan fingerprint density at radius 1 is 0.829 bits per heavy atom. The summed E-state index contributed by atoms with van der Waals surface area (Å²) in [5.74, 6) is -1.11. The van der Waals surface area contributed by atoms with Gasteiger partial charge >= 0.3 is 12.0 Å². The number of hydrogen-bond acceptors (Lipinski definition) is 7. The molecule has 0 bridgehead atoms. The van der Waals surface area contributed by atoms with Crippen molar-refractivity contribution < 1.29 is 28.7 Å². The number of nitrogens with one attached hydrogen (secondary N) is 2. The molecule has 2 aromatic rings. The Balaban J connectivity index is 1.97. The second-order valence-electron chi connectivity index (χ2n) is 6.90. The van der Waals surface area contributed by atoms with E-state index < -0.39 is 24.1 Å². The van der Waals surface area contributed by atoms with E-state index in [4.69, 9.17) is 9.47 Å². The van der Waals surface area contributed by atoms with E-state index in [-0.39, 0.29) is 18.6 Å². The van der Waals surface area contributed by atoms with Gasteiger partial charge in [0.2, 0.25) is 17.7 Å². The minimum Gasteiger partial charge on any atom is -0.425 e. The molecule has 0 spiro atoms. The summed E-state index contributed by atoms with van der Waals surface area (Å²) >= 11 is 0. The first-order valence-corrected chi connectivity index (χ1v) is 10.4. The summed E-state index contributed by atoms with van der Waals surface area (Å²) in [5, 5.41) is 2.24. The van der Waals surface area contributed by atoms with Crippen LogP contribution in [0.4, 0.5) is 0 Å². The molecule has 184 valence electrons. The molecule has 0 radical (unpaired) electrons. The molecule has 35 heavy (non-hydrogen) atoms. The van der Waals surface area contributed by atoms with Crippen molar-refractivity contribution in [3.63, 3.8) is 0 Å². The predicted octanol–water partition coefficient (Wildman–Crippen LogP) is 0.918. The van der Waals surface area contributed by atoms with Gasteiger partial charge in [0, 0.05) is 21.0 Å². The molecule has 0 aliphatic rings. The van der Waals surface area contributed by atoms with E-state index in [2.05, 4.69) is 20.8 Å². The van der Waals surface area contributed by atoms with E-state index >= 15 is 0 Å². The highest BCUT2D eigenvalue weighted by Crippen LogP contribution is 2.10. The minimum absolute atomic E-state index is 0.0543. The quantitative estimate of drug-likeness (QED) is 0.204. The van der Waals surface area contributed by atoms with E-state index in [0.29, 0.717) is 17.8 Å². The standard InChI is InChI=1S/C23H26N6O6/c1-17(31)25-23(35-19-12-8-5-9-13-19)29(3)27-21(33)16-20(32)26-28(2)22(24-14-15-30)34-18-10-6-4-7-11-18/h4-13,15H,14,16H2,1-3H3,(H,26,32)(H,27,33)/b24-22-,25-23-. The molecular weight excluding hydrogens is 456 g/mol. The van der Waals surface area contributed by atoms with Crippen molar-refractivity contribution in [1.82, 2.24) is 20.9 Å². The van der Waals surface area contributed by atoms with Gasteiger partial charge in [-0.25, -0.2) is 15.0 Å². The van der Waals surface area contributed by atoms with Gasteiger partial charge in [0.15, 0.2) is 0 Å². The molecule has 0 saturated heterocycles. The third-order valence-corrected chi connectivity index (χ3v) is 3.94. The number of amidine groups is 2. The lowest BCUT2D eigenvalue weighted by atomic mass is 10.3. The fourth-order valence-electron chi connectivity index (χ4n) is 2.51.